The third-order valence-corrected chi connectivity index (χ3v) is 8.04. The number of benzene rings is 1. The number of carbonyl (C=O) groups is 2. The maximum atomic E-state index is 13.1. The summed E-state index contributed by atoms with van der Waals surface area (Å²) in [6.07, 6.45) is 3.16. The number of aliphatic hydroxyl groups excluding tert-OH is 1. The van der Waals surface area contributed by atoms with Crippen LogP contribution in [0, 0.1) is 0 Å². The fourth-order valence-corrected chi connectivity index (χ4v) is 5.12. The number of hydrogen-bond donors (Lipinski definition) is 1. The molecule has 10 nitrogen and oxygen atoms in total. The van der Waals surface area contributed by atoms with Crippen molar-refractivity contribution in [2.45, 2.75) is 10.9 Å². The van der Waals surface area contributed by atoms with Gasteiger partial charge in [0.1, 0.15) is 5.76 Å². The molecule has 1 amide bonds. The fourth-order valence-electron chi connectivity index (χ4n) is 4.22. The molecule has 186 valence electrons. The highest BCUT2D eigenvalue weighted by atomic mass is 32.2. The fraction of sp³-hybridized carbons (Fsp3) is 0.375. The van der Waals surface area contributed by atoms with Crippen LogP contribution in [-0.4, -0.2) is 97.8 Å². The number of hydrogen-bond acceptors (Lipinski definition) is 8. The summed E-state index contributed by atoms with van der Waals surface area (Å²) in [7, 11) is -0.802. The highest BCUT2D eigenvalue weighted by molar-refractivity contribution is 7.89. The molecule has 1 aromatic carbocycles. The van der Waals surface area contributed by atoms with Gasteiger partial charge in [-0.2, -0.15) is 0 Å². The van der Waals surface area contributed by atoms with Crippen LogP contribution in [0.1, 0.15) is 17.2 Å². The van der Waals surface area contributed by atoms with Crippen LogP contribution in [0.15, 0.2) is 59.3 Å². The zero-order valence-corrected chi connectivity index (χ0v) is 20.4. The molecule has 1 atom stereocenters. The van der Waals surface area contributed by atoms with Gasteiger partial charge in [0, 0.05) is 58.2 Å². The van der Waals surface area contributed by atoms with Gasteiger partial charge in [0.15, 0.2) is 0 Å². The predicted molar refractivity (Wildman–Crippen MR) is 128 cm³/mol. The van der Waals surface area contributed by atoms with Crippen LogP contribution in [0.5, 0.6) is 0 Å². The number of ether oxygens (including phenoxy) is 1. The van der Waals surface area contributed by atoms with Crippen LogP contribution < -0.4 is 0 Å². The number of nitrogens with zero attached hydrogens (tertiary/aromatic N) is 4. The minimum atomic E-state index is -3.65. The van der Waals surface area contributed by atoms with Crippen LogP contribution in [0.2, 0.25) is 0 Å². The Morgan fingerprint density at radius 1 is 1.11 bits per heavy atom. The van der Waals surface area contributed by atoms with Crippen molar-refractivity contribution in [3.8, 4) is 0 Å². The summed E-state index contributed by atoms with van der Waals surface area (Å²) >= 11 is 0. The zero-order valence-electron chi connectivity index (χ0n) is 19.6. The van der Waals surface area contributed by atoms with Gasteiger partial charge in [-0.05, 0) is 35.9 Å². The molecule has 2 aliphatic rings. The summed E-state index contributed by atoms with van der Waals surface area (Å²) in [6, 6.07) is 8.22. The summed E-state index contributed by atoms with van der Waals surface area (Å²) in [5.74, 6) is -1.84. The molecule has 3 heterocycles. The number of aliphatic hydroxyl groups is 1. The molecule has 11 heteroatoms. The van der Waals surface area contributed by atoms with Crippen molar-refractivity contribution in [2.24, 2.45) is 0 Å². The number of Topliss-reactive ketones (excluding diaryl/α,β-unsaturated/α-hetero) is 1. The molecule has 2 aromatic rings. The van der Waals surface area contributed by atoms with Crippen molar-refractivity contribution < 1.29 is 27.9 Å². The Morgan fingerprint density at radius 3 is 2.40 bits per heavy atom. The largest absolute Gasteiger partial charge is 0.507 e. The molecule has 0 spiro atoms. The van der Waals surface area contributed by atoms with Gasteiger partial charge < -0.3 is 14.7 Å². The first kappa shape index (κ1) is 25.0. The molecule has 2 fully saturated rings. The first-order valence-corrected chi connectivity index (χ1v) is 12.7. The minimum Gasteiger partial charge on any atom is -0.507 e. The topological polar surface area (TPSA) is 120 Å². The summed E-state index contributed by atoms with van der Waals surface area (Å²) in [6.45, 7) is 3.56. The predicted octanol–water partition coefficient (Wildman–Crippen LogP) is 1.09. The highest BCUT2D eigenvalue weighted by Gasteiger charge is 2.46. The van der Waals surface area contributed by atoms with E-state index >= 15 is 0 Å². The van der Waals surface area contributed by atoms with Crippen LogP contribution in [0.25, 0.3) is 5.76 Å². The van der Waals surface area contributed by atoms with Gasteiger partial charge in [0.2, 0.25) is 10.0 Å². The van der Waals surface area contributed by atoms with Crippen LogP contribution in [-0.2, 0) is 24.3 Å². The van der Waals surface area contributed by atoms with Crippen LogP contribution in [0.3, 0.4) is 0 Å². The summed E-state index contributed by atoms with van der Waals surface area (Å²) in [5.41, 5.74) is 0.790. The van der Waals surface area contributed by atoms with Gasteiger partial charge >= 0.3 is 0 Å². The number of ketones is 1. The summed E-state index contributed by atoms with van der Waals surface area (Å²) in [5, 5.41) is 11.2. The molecule has 1 N–H and O–H groups in total. The summed E-state index contributed by atoms with van der Waals surface area (Å²) in [4.78, 5) is 34.0. The van der Waals surface area contributed by atoms with E-state index in [1.807, 2.05) is 0 Å². The lowest BCUT2D eigenvalue weighted by Crippen LogP contribution is -2.42. The molecule has 1 aromatic heterocycles. The third-order valence-electron chi connectivity index (χ3n) is 6.21. The number of likely N-dealkylation sites (tertiary alicyclic amines) is 1. The van der Waals surface area contributed by atoms with Crippen molar-refractivity contribution in [1.82, 2.24) is 19.1 Å². The van der Waals surface area contributed by atoms with E-state index in [0.29, 0.717) is 31.9 Å². The number of carbonyl (C=O) groups excluding carboxylic acids is 2. The van der Waals surface area contributed by atoms with Gasteiger partial charge in [-0.15, -0.1) is 0 Å². The molecule has 0 unspecified atom stereocenters. The van der Waals surface area contributed by atoms with E-state index in [0.717, 1.165) is 17.4 Å². The Kier molecular flexibility index (Phi) is 7.31. The second-order valence-corrected chi connectivity index (χ2v) is 10.7. The lowest BCUT2D eigenvalue weighted by molar-refractivity contribution is -0.140. The third kappa shape index (κ3) is 4.98. The van der Waals surface area contributed by atoms with Crippen molar-refractivity contribution in [1.29, 1.82) is 0 Å². The van der Waals surface area contributed by atoms with E-state index in [9.17, 15) is 23.1 Å². The van der Waals surface area contributed by atoms with E-state index in [2.05, 4.69) is 9.88 Å². The second-order valence-electron chi connectivity index (χ2n) is 8.54. The minimum absolute atomic E-state index is 0.0480. The first-order chi connectivity index (χ1) is 16.7. The van der Waals surface area contributed by atoms with Gasteiger partial charge in [-0.25, -0.2) is 12.7 Å². The van der Waals surface area contributed by atoms with E-state index in [4.69, 9.17) is 4.74 Å². The number of aromatic nitrogens is 1. The average Bonchev–Trinajstić information content (AvgIpc) is 3.13. The molecule has 35 heavy (non-hydrogen) atoms. The number of amides is 1. The van der Waals surface area contributed by atoms with Crippen LogP contribution >= 0.6 is 0 Å². The quantitative estimate of drug-likeness (QED) is 0.341. The molecule has 0 aliphatic carbocycles. The Hall–Kier alpha value is -3.12. The standard InChI is InChI=1S/C24H28N4O6S/c1-26(2)35(32,33)19-7-5-17(6-8-19)22(29)20-21(18-4-3-9-25-16-18)28(24(31)23(20)30)11-10-27-12-14-34-15-13-27/h3-9,16,21,29H,10-15H2,1-2H3/b22-20+/t21-/m0/s1. The normalized spacial score (nSPS) is 21.1. The Labute approximate surface area is 204 Å². The highest BCUT2D eigenvalue weighted by Crippen LogP contribution is 2.39. The number of pyridine rings is 1. The first-order valence-electron chi connectivity index (χ1n) is 11.2. The van der Waals surface area contributed by atoms with Crippen molar-refractivity contribution in [2.75, 3.05) is 53.5 Å². The average molecular weight is 501 g/mol. The number of morpholine rings is 1. The van der Waals surface area contributed by atoms with Crippen molar-refractivity contribution in [3.05, 3.63) is 65.5 Å². The molecule has 0 saturated carbocycles. The van der Waals surface area contributed by atoms with Crippen molar-refractivity contribution >= 4 is 27.5 Å². The molecule has 0 bridgehead atoms. The lowest BCUT2D eigenvalue weighted by Gasteiger charge is -2.30. The number of sulfonamides is 1. The molecular formula is C24H28N4O6S. The number of rotatable bonds is 7. The Bertz CT molecular complexity index is 1220. The smallest absolute Gasteiger partial charge is 0.295 e. The van der Waals surface area contributed by atoms with Gasteiger partial charge in [0.05, 0.1) is 29.7 Å². The zero-order chi connectivity index (χ0) is 25.2. The van der Waals surface area contributed by atoms with Crippen LogP contribution in [0.4, 0.5) is 0 Å². The van der Waals surface area contributed by atoms with Gasteiger partial charge in [-0.1, -0.05) is 6.07 Å². The second kappa shape index (κ2) is 10.2. The molecular weight excluding hydrogens is 472 g/mol. The van der Waals surface area contributed by atoms with Crippen molar-refractivity contribution in [3.63, 3.8) is 0 Å². The van der Waals surface area contributed by atoms with E-state index < -0.39 is 27.8 Å². The van der Waals surface area contributed by atoms with E-state index in [-0.39, 0.29) is 21.8 Å². The van der Waals surface area contributed by atoms with E-state index in [1.165, 1.54) is 43.3 Å². The van der Waals surface area contributed by atoms with Gasteiger partial charge in [-0.3, -0.25) is 19.5 Å². The molecule has 2 aliphatic heterocycles. The summed E-state index contributed by atoms with van der Waals surface area (Å²) < 4.78 is 31.2. The lowest BCUT2D eigenvalue weighted by atomic mass is 9.96. The Morgan fingerprint density at radius 2 is 1.80 bits per heavy atom. The molecule has 4 rings (SSSR count). The van der Waals surface area contributed by atoms with E-state index in [1.54, 1.807) is 24.5 Å². The maximum absolute atomic E-state index is 13.1. The molecule has 2 saturated heterocycles. The maximum Gasteiger partial charge on any atom is 0.295 e. The SMILES string of the molecule is CN(C)S(=O)(=O)c1ccc(/C(O)=C2\C(=O)C(=O)N(CCN3CCOCC3)[C@H]2c2cccnc2)cc1. The monoisotopic (exact) mass is 500 g/mol. The van der Waals surface area contributed by atoms with Gasteiger partial charge in [0.25, 0.3) is 11.7 Å². The Balaban J connectivity index is 1.71. The molecule has 0 radical (unpaired) electrons.